The van der Waals surface area contributed by atoms with Crippen molar-refractivity contribution in [2.24, 2.45) is 0 Å². The summed E-state index contributed by atoms with van der Waals surface area (Å²) in [6.07, 6.45) is 9.59. The van der Waals surface area contributed by atoms with Gasteiger partial charge in [-0.3, -0.25) is 0 Å². The van der Waals surface area contributed by atoms with E-state index < -0.39 is 25.5 Å². The minimum absolute atomic E-state index is 0.0195. The summed E-state index contributed by atoms with van der Waals surface area (Å²) >= 11 is 0. The third-order valence-corrected chi connectivity index (χ3v) is 14.8. The number of unbranched alkanes of at least 4 members (excludes halogenated alkanes) is 1. The number of aliphatic hydroxyl groups is 1. The van der Waals surface area contributed by atoms with Crippen molar-refractivity contribution >= 4 is 8.32 Å². The monoisotopic (exact) mass is 618 g/mol. The highest BCUT2D eigenvalue weighted by atomic mass is 28.4. The van der Waals surface area contributed by atoms with Crippen molar-refractivity contribution in [3.63, 3.8) is 0 Å². The third-order valence-electron chi connectivity index (χ3n) is 10.3. The highest BCUT2D eigenvalue weighted by Crippen LogP contribution is 2.56. The lowest BCUT2D eigenvalue weighted by Gasteiger charge is -2.56. The number of benzene rings is 1. The summed E-state index contributed by atoms with van der Waals surface area (Å²) < 4.78 is 38.8. The summed E-state index contributed by atoms with van der Waals surface area (Å²) in [6, 6.07) is 8.02. The first-order valence-corrected chi connectivity index (χ1v) is 19.4. The van der Waals surface area contributed by atoms with Crippen molar-refractivity contribution in [1.82, 2.24) is 0 Å². The molecular formula is C35H58O7Si. The number of ether oxygens (including phenoxy) is 5. The molecule has 0 aliphatic carbocycles. The zero-order valence-electron chi connectivity index (χ0n) is 28.0. The Morgan fingerprint density at radius 3 is 2.44 bits per heavy atom. The summed E-state index contributed by atoms with van der Waals surface area (Å²) in [6.45, 7) is 19.5. The van der Waals surface area contributed by atoms with Crippen LogP contribution in [0.2, 0.25) is 18.1 Å². The predicted molar refractivity (Wildman–Crippen MR) is 173 cm³/mol. The fraction of sp³-hybridized carbons (Fsp3) is 0.771. The lowest BCUT2D eigenvalue weighted by molar-refractivity contribution is -0.398. The van der Waals surface area contributed by atoms with Gasteiger partial charge in [0.05, 0.1) is 32.5 Å². The smallest absolute Gasteiger partial charge is 0.199 e. The van der Waals surface area contributed by atoms with Crippen LogP contribution in [0.4, 0.5) is 0 Å². The Morgan fingerprint density at radius 1 is 1.02 bits per heavy atom. The van der Waals surface area contributed by atoms with E-state index in [-0.39, 0.29) is 23.9 Å². The van der Waals surface area contributed by atoms with Gasteiger partial charge in [0.25, 0.3) is 0 Å². The molecule has 2 spiro atoms. The van der Waals surface area contributed by atoms with Gasteiger partial charge in [-0.1, -0.05) is 45.1 Å². The van der Waals surface area contributed by atoms with Gasteiger partial charge in [-0.25, -0.2) is 0 Å². The van der Waals surface area contributed by atoms with Crippen LogP contribution in [0.25, 0.3) is 0 Å². The Bertz CT molecular complexity index is 1050. The van der Waals surface area contributed by atoms with E-state index in [0.29, 0.717) is 6.61 Å². The van der Waals surface area contributed by atoms with Crippen LogP contribution in [0.3, 0.4) is 0 Å². The molecule has 4 rings (SSSR count). The Labute approximate surface area is 261 Å². The number of methoxy groups -OCH3 is 1. The normalized spacial score (nSPS) is 31.5. The van der Waals surface area contributed by atoms with Crippen molar-refractivity contribution in [3.8, 4) is 5.75 Å². The van der Waals surface area contributed by atoms with Crippen LogP contribution in [0.15, 0.2) is 36.4 Å². The molecule has 43 heavy (non-hydrogen) atoms. The molecule has 5 atom stereocenters. The number of hydrogen-bond donors (Lipinski definition) is 1. The van der Waals surface area contributed by atoms with E-state index in [9.17, 15) is 5.11 Å². The highest BCUT2D eigenvalue weighted by Gasteiger charge is 2.65. The second-order valence-electron chi connectivity index (χ2n) is 14.8. The SMILES string of the molecule is C=C(CCCCOCc1ccc(OC)cc1)C[C@H]1CC[C@](C)(O[Si](C)(C)C(C)(C)C)[C@@]2(CC[C@]3(CCC[C@@H](CO)O3)O2)O1. The van der Waals surface area contributed by atoms with Gasteiger partial charge in [-0.15, -0.1) is 0 Å². The van der Waals surface area contributed by atoms with Gasteiger partial charge in [-0.2, -0.15) is 0 Å². The average Bonchev–Trinajstić information content (AvgIpc) is 3.30. The van der Waals surface area contributed by atoms with Crippen LogP contribution in [-0.4, -0.2) is 63.1 Å². The van der Waals surface area contributed by atoms with Gasteiger partial charge in [-0.05, 0) is 94.1 Å². The fourth-order valence-corrected chi connectivity index (χ4v) is 8.29. The van der Waals surface area contributed by atoms with Crippen LogP contribution >= 0.6 is 0 Å². The van der Waals surface area contributed by atoms with Crippen LogP contribution in [0.5, 0.6) is 5.75 Å². The van der Waals surface area contributed by atoms with Crippen LogP contribution < -0.4 is 4.74 Å². The molecule has 3 fully saturated rings. The molecule has 1 aromatic carbocycles. The van der Waals surface area contributed by atoms with Gasteiger partial charge >= 0.3 is 0 Å². The molecule has 7 nitrogen and oxygen atoms in total. The Morgan fingerprint density at radius 2 is 1.77 bits per heavy atom. The van der Waals surface area contributed by atoms with Crippen LogP contribution in [0.1, 0.15) is 104 Å². The first-order valence-electron chi connectivity index (χ1n) is 16.5. The Hall–Kier alpha value is -1.26. The molecule has 0 amide bonds. The first-order chi connectivity index (χ1) is 20.2. The standard InChI is InChI=1S/C35H58O7Si/c1-27(12-9-10-23-38-26-28-14-16-29(37-6)17-15-28)24-30-18-20-33(5,42-43(7,8)32(2,3)4)35(40-30)22-21-34(41-35)19-11-13-31(25-36)39-34/h14-17,30-31,36H,1,9-13,18-26H2,2-8H3/t30-,31+,33+,34+,35+/m1/s1. The molecule has 1 N–H and O–H groups in total. The molecule has 3 aliphatic heterocycles. The van der Waals surface area contributed by atoms with Crippen molar-refractivity contribution in [2.45, 2.75) is 152 Å². The predicted octanol–water partition coefficient (Wildman–Crippen LogP) is 8.05. The maximum Gasteiger partial charge on any atom is 0.199 e. The van der Waals surface area contributed by atoms with E-state index in [4.69, 9.17) is 28.1 Å². The second-order valence-corrected chi connectivity index (χ2v) is 19.5. The van der Waals surface area contributed by atoms with E-state index >= 15 is 0 Å². The minimum atomic E-state index is -2.12. The number of aliphatic hydroxyl groups excluding tert-OH is 1. The summed E-state index contributed by atoms with van der Waals surface area (Å²) in [5.74, 6) is -0.730. The summed E-state index contributed by atoms with van der Waals surface area (Å²) in [7, 11) is -0.447. The van der Waals surface area contributed by atoms with Gasteiger partial charge in [0.1, 0.15) is 11.4 Å². The molecule has 0 radical (unpaired) electrons. The molecule has 0 saturated carbocycles. The molecule has 0 unspecified atom stereocenters. The van der Waals surface area contributed by atoms with Gasteiger partial charge < -0.3 is 33.2 Å². The summed E-state index contributed by atoms with van der Waals surface area (Å²) in [5.41, 5.74) is 1.79. The van der Waals surface area contributed by atoms with Crippen molar-refractivity contribution in [2.75, 3.05) is 20.3 Å². The summed E-state index contributed by atoms with van der Waals surface area (Å²) in [4.78, 5) is 0. The van der Waals surface area contributed by atoms with Crippen molar-refractivity contribution in [3.05, 3.63) is 42.0 Å². The van der Waals surface area contributed by atoms with E-state index in [2.05, 4.69) is 47.4 Å². The zero-order chi connectivity index (χ0) is 31.4. The van der Waals surface area contributed by atoms with Crippen molar-refractivity contribution in [1.29, 1.82) is 0 Å². The minimum Gasteiger partial charge on any atom is -0.497 e. The molecule has 3 saturated heterocycles. The fourth-order valence-electron chi connectivity index (χ4n) is 6.60. The molecule has 8 heteroatoms. The zero-order valence-corrected chi connectivity index (χ0v) is 29.0. The lowest BCUT2D eigenvalue weighted by Crippen LogP contribution is -2.65. The van der Waals surface area contributed by atoms with E-state index in [0.717, 1.165) is 88.5 Å². The molecule has 3 aliphatic rings. The van der Waals surface area contributed by atoms with E-state index in [1.165, 1.54) is 5.57 Å². The first kappa shape index (κ1) is 34.6. The quantitative estimate of drug-likeness (QED) is 0.136. The average molecular weight is 619 g/mol. The number of rotatable bonds is 13. The molecule has 0 bridgehead atoms. The molecule has 0 aromatic heterocycles. The topological polar surface area (TPSA) is 75.6 Å². The highest BCUT2D eigenvalue weighted by molar-refractivity contribution is 6.74. The molecule has 1 aromatic rings. The van der Waals surface area contributed by atoms with E-state index in [1.54, 1.807) is 7.11 Å². The Balaban J connectivity index is 1.33. The van der Waals surface area contributed by atoms with Gasteiger partial charge in [0, 0.05) is 25.9 Å². The lowest BCUT2D eigenvalue weighted by atomic mass is 9.82. The second kappa shape index (κ2) is 14.0. The third kappa shape index (κ3) is 8.32. The number of hydrogen-bond acceptors (Lipinski definition) is 7. The molecular weight excluding hydrogens is 560 g/mol. The van der Waals surface area contributed by atoms with Crippen LogP contribution in [-0.2, 0) is 30.0 Å². The molecule has 244 valence electrons. The van der Waals surface area contributed by atoms with Gasteiger partial charge in [0.2, 0.25) is 0 Å². The van der Waals surface area contributed by atoms with E-state index in [1.807, 2.05) is 24.3 Å². The largest absolute Gasteiger partial charge is 0.497 e. The molecule has 3 heterocycles. The summed E-state index contributed by atoms with van der Waals surface area (Å²) in [5, 5.41) is 9.93. The maximum atomic E-state index is 9.86. The maximum absolute atomic E-state index is 9.86. The van der Waals surface area contributed by atoms with Crippen LogP contribution in [0, 0.1) is 0 Å². The Kier molecular flexibility index (Phi) is 11.3. The van der Waals surface area contributed by atoms with Gasteiger partial charge in [0.15, 0.2) is 19.9 Å². The van der Waals surface area contributed by atoms with Crippen molar-refractivity contribution < 1.29 is 33.2 Å².